The quantitative estimate of drug-likeness (QED) is 0.872. The van der Waals surface area contributed by atoms with Crippen molar-refractivity contribution in [2.45, 2.75) is 0 Å². The van der Waals surface area contributed by atoms with Gasteiger partial charge < -0.3 is 9.84 Å². The van der Waals surface area contributed by atoms with Crippen LogP contribution in [0.1, 0.15) is 10.4 Å². The van der Waals surface area contributed by atoms with Gasteiger partial charge >= 0.3 is 5.97 Å². The minimum atomic E-state index is -0.971. The van der Waals surface area contributed by atoms with E-state index in [0.29, 0.717) is 11.5 Å². The molecule has 17 heavy (non-hydrogen) atoms. The van der Waals surface area contributed by atoms with Crippen LogP contribution in [-0.2, 0) is 0 Å². The first-order valence-corrected chi connectivity index (χ1v) is 5.85. The van der Waals surface area contributed by atoms with Crippen LogP contribution in [0.2, 0.25) is 0 Å². The zero-order chi connectivity index (χ0) is 12.3. The standard InChI is InChI=1S/C12H8INO3/c13-10-2-1-8(12(15)16)7-11(10)17-9-3-5-14-6-4-9/h1-7H,(H,15,16). The van der Waals surface area contributed by atoms with Gasteiger partial charge in [0.2, 0.25) is 0 Å². The first kappa shape index (κ1) is 11.8. The summed E-state index contributed by atoms with van der Waals surface area (Å²) in [5, 5.41) is 8.90. The topological polar surface area (TPSA) is 59.4 Å². The summed E-state index contributed by atoms with van der Waals surface area (Å²) in [5.41, 5.74) is 0.203. The number of rotatable bonds is 3. The van der Waals surface area contributed by atoms with Crippen LogP contribution in [-0.4, -0.2) is 16.1 Å². The summed E-state index contributed by atoms with van der Waals surface area (Å²) in [6, 6.07) is 8.18. The van der Waals surface area contributed by atoms with Gasteiger partial charge in [-0.15, -0.1) is 0 Å². The number of carboxylic acid groups (broad SMARTS) is 1. The first-order valence-electron chi connectivity index (χ1n) is 4.77. The van der Waals surface area contributed by atoms with E-state index in [0.717, 1.165) is 3.57 Å². The number of halogens is 1. The molecule has 0 aliphatic rings. The van der Waals surface area contributed by atoms with Crippen LogP contribution >= 0.6 is 22.6 Å². The minimum absolute atomic E-state index is 0.203. The molecule has 4 nitrogen and oxygen atoms in total. The van der Waals surface area contributed by atoms with Gasteiger partial charge in [0.15, 0.2) is 0 Å². The molecule has 1 aromatic carbocycles. The van der Waals surface area contributed by atoms with E-state index >= 15 is 0 Å². The normalized spacial score (nSPS) is 9.94. The number of ether oxygens (including phenoxy) is 1. The maximum absolute atomic E-state index is 10.8. The third-order valence-electron chi connectivity index (χ3n) is 2.06. The lowest BCUT2D eigenvalue weighted by molar-refractivity contribution is 0.0696. The SMILES string of the molecule is O=C(O)c1ccc(I)c(Oc2ccncc2)c1. The summed E-state index contributed by atoms with van der Waals surface area (Å²) in [7, 11) is 0. The third-order valence-corrected chi connectivity index (χ3v) is 2.95. The second-order valence-electron chi connectivity index (χ2n) is 3.24. The third kappa shape index (κ3) is 2.94. The molecule has 5 heteroatoms. The molecule has 0 unspecified atom stereocenters. The second-order valence-corrected chi connectivity index (χ2v) is 4.40. The van der Waals surface area contributed by atoms with Gasteiger partial charge in [-0.05, 0) is 52.9 Å². The summed E-state index contributed by atoms with van der Waals surface area (Å²) in [6.45, 7) is 0. The Bertz CT molecular complexity index is 543. The van der Waals surface area contributed by atoms with E-state index in [1.807, 2.05) is 0 Å². The van der Waals surface area contributed by atoms with Crippen LogP contribution in [0.3, 0.4) is 0 Å². The molecule has 0 aliphatic carbocycles. The maximum atomic E-state index is 10.8. The number of aromatic carboxylic acids is 1. The Hall–Kier alpha value is -1.63. The molecule has 0 saturated carbocycles. The molecular weight excluding hydrogens is 333 g/mol. The van der Waals surface area contributed by atoms with Crippen LogP contribution in [0.5, 0.6) is 11.5 Å². The van der Waals surface area contributed by atoms with Crippen molar-refractivity contribution in [1.82, 2.24) is 4.98 Å². The molecule has 2 aromatic rings. The van der Waals surface area contributed by atoms with Crippen molar-refractivity contribution in [3.05, 3.63) is 51.9 Å². The molecule has 0 bridgehead atoms. The summed E-state index contributed by atoms with van der Waals surface area (Å²) in [4.78, 5) is 14.7. The van der Waals surface area contributed by atoms with Crippen molar-refractivity contribution in [2.24, 2.45) is 0 Å². The average molecular weight is 341 g/mol. The highest BCUT2D eigenvalue weighted by molar-refractivity contribution is 14.1. The highest BCUT2D eigenvalue weighted by atomic mass is 127. The molecule has 86 valence electrons. The van der Waals surface area contributed by atoms with Crippen LogP contribution in [0, 0.1) is 3.57 Å². The fourth-order valence-electron chi connectivity index (χ4n) is 1.25. The van der Waals surface area contributed by atoms with Crippen molar-refractivity contribution in [2.75, 3.05) is 0 Å². The molecule has 1 N–H and O–H groups in total. The Kier molecular flexibility index (Phi) is 3.58. The molecule has 1 heterocycles. The van der Waals surface area contributed by atoms with Crippen LogP contribution < -0.4 is 4.74 Å². The minimum Gasteiger partial charge on any atom is -0.478 e. The highest BCUT2D eigenvalue weighted by Crippen LogP contribution is 2.27. The van der Waals surface area contributed by atoms with Gasteiger partial charge in [-0.3, -0.25) is 4.98 Å². The summed E-state index contributed by atoms with van der Waals surface area (Å²) in [5.74, 6) is 0.179. The Labute approximate surface area is 111 Å². The molecule has 0 amide bonds. The smallest absolute Gasteiger partial charge is 0.335 e. The number of pyridine rings is 1. The molecule has 0 fully saturated rings. The Balaban J connectivity index is 2.32. The van der Waals surface area contributed by atoms with E-state index in [-0.39, 0.29) is 5.56 Å². The molecule has 2 rings (SSSR count). The van der Waals surface area contributed by atoms with Crippen molar-refractivity contribution >= 4 is 28.6 Å². The van der Waals surface area contributed by atoms with Crippen molar-refractivity contribution in [3.8, 4) is 11.5 Å². The zero-order valence-corrected chi connectivity index (χ0v) is 10.8. The van der Waals surface area contributed by atoms with Gasteiger partial charge in [-0.1, -0.05) is 0 Å². The fourth-order valence-corrected chi connectivity index (χ4v) is 1.69. The zero-order valence-electron chi connectivity index (χ0n) is 8.63. The molecule has 1 aromatic heterocycles. The predicted molar refractivity (Wildman–Crippen MR) is 70.4 cm³/mol. The van der Waals surface area contributed by atoms with E-state index in [2.05, 4.69) is 27.6 Å². The maximum Gasteiger partial charge on any atom is 0.335 e. The van der Waals surface area contributed by atoms with Gasteiger partial charge in [-0.2, -0.15) is 0 Å². The summed E-state index contributed by atoms with van der Waals surface area (Å²) < 4.78 is 6.44. The van der Waals surface area contributed by atoms with Gasteiger partial charge in [0.1, 0.15) is 11.5 Å². The lowest BCUT2D eigenvalue weighted by Crippen LogP contribution is -1.97. The van der Waals surface area contributed by atoms with Gasteiger partial charge in [-0.25, -0.2) is 4.79 Å². The average Bonchev–Trinajstić information content (AvgIpc) is 2.33. The van der Waals surface area contributed by atoms with Gasteiger partial charge in [0.25, 0.3) is 0 Å². The van der Waals surface area contributed by atoms with E-state index in [4.69, 9.17) is 9.84 Å². The van der Waals surface area contributed by atoms with Crippen molar-refractivity contribution in [1.29, 1.82) is 0 Å². The van der Waals surface area contributed by atoms with Crippen LogP contribution in [0.15, 0.2) is 42.7 Å². The van der Waals surface area contributed by atoms with Gasteiger partial charge in [0.05, 0.1) is 9.13 Å². The first-order chi connectivity index (χ1) is 8.16. The number of hydrogen-bond acceptors (Lipinski definition) is 3. The monoisotopic (exact) mass is 341 g/mol. The molecular formula is C12H8INO3. The molecule has 0 aliphatic heterocycles. The lowest BCUT2D eigenvalue weighted by atomic mass is 10.2. The molecule has 0 radical (unpaired) electrons. The highest BCUT2D eigenvalue weighted by Gasteiger charge is 2.08. The number of hydrogen-bond donors (Lipinski definition) is 1. The Morgan fingerprint density at radius 2 is 1.94 bits per heavy atom. The number of aromatic nitrogens is 1. The number of carbonyl (C=O) groups is 1. The number of carboxylic acids is 1. The lowest BCUT2D eigenvalue weighted by Gasteiger charge is -2.08. The fraction of sp³-hybridized carbons (Fsp3) is 0. The number of nitrogens with zero attached hydrogens (tertiary/aromatic N) is 1. The largest absolute Gasteiger partial charge is 0.478 e. The summed E-state index contributed by atoms with van der Waals surface area (Å²) in [6.07, 6.45) is 3.23. The molecule has 0 saturated heterocycles. The molecule has 0 spiro atoms. The second kappa shape index (κ2) is 5.13. The van der Waals surface area contributed by atoms with Crippen molar-refractivity contribution < 1.29 is 14.6 Å². The Morgan fingerprint density at radius 1 is 1.24 bits per heavy atom. The van der Waals surface area contributed by atoms with Crippen LogP contribution in [0.25, 0.3) is 0 Å². The van der Waals surface area contributed by atoms with E-state index in [9.17, 15) is 4.79 Å². The van der Waals surface area contributed by atoms with E-state index < -0.39 is 5.97 Å². The van der Waals surface area contributed by atoms with Crippen LogP contribution in [0.4, 0.5) is 0 Å². The molecule has 0 atom stereocenters. The Morgan fingerprint density at radius 3 is 2.59 bits per heavy atom. The predicted octanol–water partition coefficient (Wildman–Crippen LogP) is 3.18. The van der Waals surface area contributed by atoms with Gasteiger partial charge in [0, 0.05) is 12.4 Å². The van der Waals surface area contributed by atoms with Crippen molar-refractivity contribution in [3.63, 3.8) is 0 Å². The number of benzene rings is 1. The van der Waals surface area contributed by atoms with E-state index in [1.54, 1.807) is 36.7 Å². The van der Waals surface area contributed by atoms with E-state index in [1.165, 1.54) is 6.07 Å². The summed E-state index contributed by atoms with van der Waals surface area (Å²) >= 11 is 2.09.